The highest BCUT2D eigenvalue weighted by Crippen LogP contribution is 2.27. The van der Waals surface area contributed by atoms with Crippen molar-refractivity contribution in [1.29, 1.82) is 0 Å². The van der Waals surface area contributed by atoms with Gasteiger partial charge in [-0.05, 0) is 44.1 Å². The fraction of sp³-hybridized carbons (Fsp3) is 0.500. The molecule has 0 aromatic heterocycles. The maximum Gasteiger partial charge on any atom is 0.139 e. The lowest BCUT2D eigenvalue weighted by Gasteiger charge is -2.08. The first-order valence-corrected chi connectivity index (χ1v) is 6.69. The van der Waals surface area contributed by atoms with Crippen LogP contribution >= 0.6 is 27.5 Å². The smallest absolute Gasteiger partial charge is 0.139 e. The van der Waals surface area contributed by atoms with E-state index in [1.165, 1.54) is 0 Å². The second kappa shape index (κ2) is 7.93. The molecular weight excluding hydrogens is 289 g/mol. The molecule has 0 heterocycles. The summed E-state index contributed by atoms with van der Waals surface area (Å²) in [6.45, 7) is 4.90. The number of halogens is 2. The molecule has 0 atom stereocenters. The molecule has 1 aromatic rings. The summed E-state index contributed by atoms with van der Waals surface area (Å²) in [6, 6.07) is 5.62. The topological polar surface area (TPSA) is 21.3 Å². The maximum atomic E-state index is 6.00. The van der Waals surface area contributed by atoms with E-state index < -0.39 is 0 Å². The van der Waals surface area contributed by atoms with Crippen molar-refractivity contribution >= 4 is 27.5 Å². The van der Waals surface area contributed by atoms with Crippen LogP contribution in [0.1, 0.15) is 19.8 Å². The SMILES string of the molecule is CCCNCCCOc1cc(Br)ccc1Cl. The molecule has 0 aliphatic heterocycles. The predicted octanol–water partition coefficient (Wildman–Crippen LogP) is 3.87. The van der Waals surface area contributed by atoms with Crippen molar-refractivity contribution in [3.63, 3.8) is 0 Å². The molecule has 2 nitrogen and oxygen atoms in total. The standard InChI is InChI=1S/C12H17BrClNO/c1-2-6-15-7-3-8-16-12-9-10(13)4-5-11(12)14/h4-5,9,15H,2-3,6-8H2,1H3. The zero-order chi connectivity index (χ0) is 11.8. The molecule has 0 bridgehead atoms. The molecule has 1 rings (SSSR count). The largest absolute Gasteiger partial charge is 0.492 e. The average molecular weight is 307 g/mol. The molecule has 0 unspecified atom stereocenters. The average Bonchev–Trinajstić information content (AvgIpc) is 2.28. The minimum Gasteiger partial charge on any atom is -0.492 e. The summed E-state index contributed by atoms with van der Waals surface area (Å²) in [7, 11) is 0. The summed E-state index contributed by atoms with van der Waals surface area (Å²) in [5.74, 6) is 0.742. The highest BCUT2D eigenvalue weighted by molar-refractivity contribution is 9.10. The summed E-state index contributed by atoms with van der Waals surface area (Å²) in [5, 5.41) is 3.98. The Bertz CT molecular complexity index is 320. The number of hydrogen-bond donors (Lipinski definition) is 1. The number of nitrogens with one attached hydrogen (secondary N) is 1. The van der Waals surface area contributed by atoms with Crippen LogP contribution in [-0.4, -0.2) is 19.7 Å². The molecule has 0 saturated carbocycles. The Morgan fingerprint density at radius 2 is 2.19 bits per heavy atom. The third kappa shape index (κ3) is 5.19. The molecule has 0 saturated heterocycles. The minimum atomic E-state index is 0.657. The van der Waals surface area contributed by atoms with Crippen LogP contribution in [-0.2, 0) is 0 Å². The zero-order valence-electron chi connectivity index (χ0n) is 9.43. The van der Waals surface area contributed by atoms with E-state index in [1.807, 2.05) is 18.2 Å². The van der Waals surface area contributed by atoms with Crippen LogP contribution < -0.4 is 10.1 Å². The predicted molar refractivity (Wildman–Crippen MR) is 72.4 cm³/mol. The first kappa shape index (κ1) is 13.8. The number of ether oxygens (including phenoxy) is 1. The van der Waals surface area contributed by atoms with Crippen LogP contribution in [0.3, 0.4) is 0 Å². The molecular formula is C12H17BrClNO. The Morgan fingerprint density at radius 3 is 2.94 bits per heavy atom. The Kier molecular flexibility index (Phi) is 6.85. The molecule has 0 aliphatic rings. The zero-order valence-corrected chi connectivity index (χ0v) is 11.8. The second-order valence-corrected chi connectivity index (χ2v) is 4.85. The Hall–Kier alpha value is -0.250. The Balaban J connectivity index is 2.23. The number of hydrogen-bond acceptors (Lipinski definition) is 2. The lowest BCUT2D eigenvalue weighted by molar-refractivity contribution is 0.308. The highest BCUT2D eigenvalue weighted by atomic mass is 79.9. The number of rotatable bonds is 7. The molecule has 0 amide bonds. The van der Waals surface area contributed by atoms with Crippen molar-refractivity contribution in [2.24, 2.45) is 0 Å². The third-order valence-electron chi connectivity index (χ3n) is 2.08. The van der Waals surface area contributed by atoms with Crippen LogP contribution in [0, 0.1) is 0 Å². The minimum absolute atomic E-state index is 0.657. The van der Waals surface area contributed by atoms with E-state index in [4.69, 9.17) is 16.3 Å². The molecule has 90 valence electrons. The van der Waals surface area contributed by atoms with Gasteiger partial charge in [-0.1, -0.05) is 34.5 Å². The molecule has 1 N–H and O–H groups in total. The van der Waals surface area contributed by atoms with Crippen molar-refractivity contribution in [2.45, 2.75) is 19.8 Å². The summed E-state index contributed by atoms with van der Waals surface area (Å²) in [5.41, 5.74) is 0. The molecule has 0 aliphatic carbocycles. The maximum absolute atomic E-state index is 6.00. The summed E-state index contributed by atoms with van der Waals surface area (Å²) in [4.78, 5) is 0. The van der Waals surface area contributed by atoms with Crippen LogP contribution in [0.25, 0.3) is 0 Å². The monoisotopic (exact) mass is 305 g/mol. The fourth-order valence-electron chi connectivity index (χ4n) is 1.27. The second-order valence-electron chi connectivity index (χ2n) is 3.53. The van der Waals surface area contributed by atoms with E-state index in [-0.39, 0.29) is 0 Å². The van der Waals surface area contributed by atoms with Crippen LogP contribution in [0.2, 0.25) is 5.02 Å². The van der Waals surface area contributed by atoms with Gasteiger partial charge in [0.1, 0.15) is 5.75 Å². The lowest BCUT2D eigenvalue weighted by atomic mass is 10.3. The van der Waals surface area contributed by atoms with Gasteiger partial charge in [-0.15, -0.1) is 0 Å². The van der Waals surface area contributed by atoms with Crippen molar-refractivity contribution in [3.8, 4) is 5.75 Å². The Labute approximate surface area is 110 Å². The van der Waals surface area contributed by atoms with Crippen molar-refractivity contribution < 1.29 is 4.74 Å². The van der Waals surface area contributed by atoms with Gasteiger partial charge in [-0.25, -0.2) is 0 Å². The Morgan fingerprint density at radius 1 is 1.38 bits per heavy atom. The highest BCUT2D eigenvalue weighted by Gasteiger charge is 2.01. The van der Waals surface area contributed by atoms with Crippen molar-refractivity contribution in [2.75, 3.05) is 19.7 Å². The van der Waals surface area contributed by atoms with E-state index in [0.29, 0.717) is 11.6 Å². The molecule has 16 heavy (non-hydrogen) atoms. The summed E-state index contributed by atoms with van der Waals surface area (Å²) >= 11 is 9.39. The van der Waals surface area contributed by atoms with E-state index in [0.717, 1.165) is 36.2 Å². The van der Waals surface area contributed by atoms with Gasteiger partial charge in [-0.3, -0.25) is 0 Å². The van der Waals surface area contributed by atoms with E-state index in [9.17, 15) is 0 Å². The van der Waals surface area contributed by atoms with Crippen LogP contribution in [0.15, 0.2) is 22.7 Å². The normalized spacial score (nSPS) is 10.4. The molecule has 0 spiro atoms. The van der Waals surface area contributed by atoms with Gasteiger partial charge in [0.15, 0.2) is 0 Å². The molecule has 4 heteroatoms. The summed E-state index contributed by atoms with van der Waals surface area (Å²) in [6.07, 6.45) is 2.15. The van der Waals surface area contributed by atoms with Crippen molar-refractivity contribution in [1.82, 2.24) is 5.32 Å². The molecule has 1 aromatic carbocycles. The number of benzene rings is 1. The van der Waals surface area contributed by atoms with Gasteiger partial charge >= 0.3 is 0 Å². The van der Waals surface area contributed by atoms with Crippen LogP contribution in [0.5, 0.6) is 5.75 Å². The fourth-order valence-corrected chi connectivity index (χ4v) is 1.78. The molecule has 0 radical (unpaired) electrons. The van der Waals surface area contributed by atoms with Crippen molar-refractivity contribution in [3.05, 3.63) is 27.7 Å². The van der Waals surface area contributed by atoms with E-state index in [1.54, 1.807) is 0 Å². The first-order valence-electron chi connectivity index (χ1n) is 5.52. The van der Waals surface area contributed by atoms with E-state index in [2.05, 4.69) is 28.2 Å². The first-order chi connectivity index (χ1) is 7.74. The molecule has 0 fully saturated rings. The van der Waals surface area contributed by atoms with Gasteiger partial charge in [0.05, 0.1) is 11.6 Å². The van der Waals surface area contributed by atoms with Gasteiger partial charge in [0.25, 0.3) is 0 Å². The quantitative estimate of drug-likeness (QED) is 0.772. The lowest BCUT2D eigenvalue weighted by Crippen LogP contribution is -2.18. The van der Waals surface area contributed by atoms with Gasteiger partial charge < -0.3 is 10.1 Å². The van der Waals surface area contributed by atoms with Gasteiger partial charge in [0.2, 0.25) is 0 Å². The van der Waals surface area contributed by atoms with Gasteiger partial charge in [-0.2, -0.15) is 0 Å². The van der Waals surface area contributed by atoms with Gasteiger partial charge in [0, 0.05) is 4.47 Å². The third-order valence-corrected chi connectivity index (χ3v) is 2.88. The van der Waals surface area contributed by atoms with E-state index >= 15 is 0 Å². The summed E-state index contributed by atoms with van der Waals surface area (Å²) < 4.78 is 6.58. The van der Waals surface area contributed by atoms with Crippen LogP contribution in [0.4, 0.5) is 0 Å².